The van der Waals surface area contributed by atoms with Crippen LogP contribution in [-0.2, 0) is 11.3 Å². The molecule has 3 N–H and O–H groups in total. The molecule has 0 fully saturated rings. The molecule has 0 saturated carbocycles. The van der Waals surface area contributed by atoms with Crippen LogP contribution in [0.25, 0.3) is 0 Å². The molecule has 1 aromatic heterocycles. The number of imidazole rings is 1. The van der Waals surface area contributed by atoms with Crippen molar-refractivity contribution in [3.05, 3.63) is 18.2 Å². The van der Waals surface area contributed by atoms with Crippen molar-refractivity contribution < 1.29 is 4.79 Å². The van der Waals surface area contributed by atoms with Gasteiger partial charge in [-0.1, -0.05) is 13.8 Å². The highest BCUT2D eigenvalue weighted by Crippen LogP contribution is 2.18. The molecule has 96 valence electrons. The molecular formula is C12H22N4O. The smallest absolute Gasteiger partial charge is 0.221 e. The van der Waals surface area contributed by atoms with Gasteiger partial charge in [-0.15, -0.1) is 0 Å². The maximum atomic E-state index is 11.2. The van der Waals surface area contributed by atoms with Gasteiger partial charge in [0.15, 0.2) is 0 Å². The fraction of sp³-hybridized carbons (Fsp3) is 0.667. The number of hydrogen-bond acceptors (Lipinski definition) is 3. The molecule has 0 saturated heterocycles. The van der Waals surface area contributed by atoms with Crippen molar-refractivity contribution in [3.8, 4) is 0 Å². The van der Waals surface area contributed by atoms with Crippen molar-refractivity contribution in [1.29, 1.82) is 0 Å². The van der Waals surface area contributed by atoms with Crippen LogP contribution in [0.4, 0.5) is 0 Å². The molecule has 0 spiro atoms. The largest absolute Gasteiger partial charge is 0.359 e. The number of amides is 1. The first-order chi connectivity index (χ1) is 8.04. The van der Waals surface area contributed by atoms with E-state index in [1.807, 2.05) is 4.57 Å². The first kappa shape index (κ1) is 13.7. The van der Waals surface area contributed by atoms with E-state index in [1.165, 1.54) is 0 Å². The van der Waals surface area contributed by atoms with Crippen molar-refractivity contribution in [2.45, 2.75) is 39.3 Å². The molecule has 0 bridgehead atoms. The van der Waals surface area contributed by atoms with Crippen LogP contribution in [0, 0.1) is 5.92 Å². The fourth-order valence-electron chi connectivity index (χ4n) is 1.80. The van der Waals surface area contributed by atoms with E-state index in [1.54, 1.807) is 19.6 Å². The summed E-state index contributed by atoms with van der Waals surface area (Å²) in [5.74, 6) is 0.578. The van der Waals surface area contributed by atoms with E-state index in [4.69, 9.17) is 5.73 Å². The Hall–Kier alpha value is -1.36. The molecular weight excluding hydrogens is 216 g/mol. The van der Waals surface area contributed by atoms with Gasteiger partial charge in [0.1, 0.15) is 0 Å². The lowest BCUT2D eigenvalue weighted by atomic mass is 10.0. The van der Waals surface area contributed by atoms with E-state index in [0.717, 1.165) is 12.1 Å². The Kier molecular flexibility index (Phi) is 5.15. The van der Waals surface area contributed by atoms with Crippen LogP contribution in [0.1, 0.15) is 38.4 Å². The zero-order chi connectivity index (χ0) is 12.8. The van der Waals surface area contributed by atoms with Crippen molar-refractivity contribution in [2.75, 3.05) is 7.05 Å². The summed E-state index contributed by atoms with van der Waals surface area (Å²) in [5, 5.41) is 2.60. The first-order valence-corrected chi connectivity index (χ1v) is 6.00. The van der Waals surface area contributed by atoms with E-state index in [9.17, 15) is 4.79 Å². The Morgan fingerprint density at radius 1 is 1.59 bits per heavy atom. The molecule has 17 heavy (non-hydrogen) atoms. The van der Waals surface area contributed by atoms with Crippen LogP contribution in [0.2, 0.25) is 0 Å². The number of aromatic nitrogens is 2. The van der Waals surface area contributed by atoms with Gasteiger partial charge < -0.3 is 15.6 Å². The minimum absolute atomic E-state index is 0.0119. The molecule has 0 aromatic carbocycles. The summed E-state index contributed by atoms with van der Waals surface area (Å²) in [5.41, 5.74) is 7.12. The third-order valence-electron chi connectivity index (χ3n) is 2.71. The topological polar surface area (TPSA) is 72.9 Å². The van der Waals surface area contributed by atoms with E-state index < -0.39 is 0 Å². The second kappa shape index (κ2) is 6.39. The Balaban J connectivity index is 2.62. The maximum absolute atomic E-state index is 11.2. The molecule has 1 unspecified atom stereocenters. The number of carbonyl (C=O) groups is 1. The standard InChI is InChI=1S/C12H22N4O/c1-9(2)6-10(13)11-7-15-8-16(11)5-4-12(17)14-3/h7-10H,4-6,13H2,1-3H3,(H,14,17). The quantitative estimate of drug-likeness (QED) is 0.778. The third-order valence-corrected chi connectivity index (χ3v) is 2.71. The Morgan fingerprint density at radius 3 is 2.88 bits per heavy atom. The molecule has 1 atom stereocenters. The lowest BCUT2D eigenvalue weighted by Gasteiger charge is -2.16. The van der Waals surface area contributed by atoms with Gasteiger partial charge in [0, 0.05) is 32.3 Å². The molecule has 5 heteroatoms. The van der Waals surface area contributed by atoms with Gasteiger partial charge in [-0.05, 0) is 12.3 Å². The first-order valence-electron chi connectivity index (χ1n) is 6.00. The molecule has 1 heterocycles. The zero-order valence-electron chi connectivity index (χ0n) is 10.8. The summed E-state index contributed by atoms with van der Waals surface area (Å²) in [4.78, 5) is 15.3. The minimum Gasteiger partial charge on any atom is -0.359 e. The van der Waals surface area contributed by atoms with Gasteiger partial charge >= 0.3 is 0 Å². The zero-order valence-corrected chi connectivity index (χ0v) is 10.8. The number of hydrogen-bond donors (Lipinski definition) is 2. The number of carbonyl (C=O) groups excluding carboxylic acids is 1. The Morgan fingerprint density at radius 2 is 2.29 bits per heavy atom. The van der Waals surface area contributed by atoms with Crippen LogP contribution < -0.4 is 11.1 Å². The maximum Gasteiger partial charge on any atom is 0.221 e. The van der Waals surface area contributed by atoms with Crippen LogP contribution in [0.3, 0.4) is 0 Å². The summed E-state index contributed by atoms with van der Waals surface area (Å²) in [6.07, 6.45) is 4.90. The van der Waals surface area contributed by atoms with Gasteiger partial charge in [-0.25, -0.2) is 4.98 Å². The normalized spacial score (nSPS) is 12.8. The lowest BCUT2D eigenvalue weighted by molar-refractivity contribution is -0.120. The van der Waals surface area contributed by atoms with Crippen LogP contribution in [-0.4, -0.2) is 22.5 Å². The average Bonchev–Trinajstić information content (AvgIpc) is 2.73. The molecule has 0 aliphatic heterocycles. The molecule has 0 radical (unpaired) electrons. The molecule has 1 amide bonds. The van der Waals surface area contributed by atoms with E-state index in [0.29, 0.717) is 18.9 Å². The number of rotatable bonds is 6. The Labute approximate surface area is 102 Å². The van der Waals surface area contributed by atoms with E-state index >= 15 is 0 Å². The van der Waals surface area contributed by atoms with Gasteiger partial charge in [0.05, 0.1) is 12.0 Å². The summed E-state index contributed by atoms with van der Waals surface area (Å²) in [6.45, 7) is 4.91. The van der Waals surface area contributed by atoms with Crippen molar-refractivity contribution >= 4 is 5.91 Å². The number of nitrogens with two attached hydrogens (primary N) is 1. The van der Waals surface area contributed by atoms with Crippen LogP contribution in [0.15, 0.2) is 12.5 Å². The van der Waals surface area contributed by atoms with Gasteiger partial charge in [0.2, 0.25) is 5.91 Å². The van der Waals surface area contributed by atoms with Gasteiger partial charge in [-0.3, -0.25) is 4.79 Å². The van der Waals surface area contributed by atoms with Gasteiger partial charge in [0.25, 0.3) is 0 Å². The molecule has 0 aliphatic rings. The highest BCUT2D eigenvalue weighted by molar-refractivity contribution is 5.75. The summed E-state index contributed by atoms with van der Waals surface area (Å²) in [7, 11) is 1.64. The van der Waals surface area contributed by atoms with Crippen molar-refractivity contribution in [3.63, 3.8) is 0 Å². The molecule has 0 aliphatic carbocycles. The highest BCUT2D eigenvalue weighted by Gasteiger charge is 2.13. The monoisotopic (exact) mass is 238 g/mol. The molecule has 1 aromatic rings. The molecule has 1 rings (SSSR count). The molecule has 5 nitrogen and oxygen atoms in total. The Bertz CT molecular complexity index is 359. The van der Waals surface area contributed by atoms with Crippen molar-refractivity contribution in [1.82, 2.24) is 14.9 Å². The number of aryl methyl sites for hydroxylation is 1. The minimum atomic E-state index is -0.0119. The second-order valence-electron chi connectivity index (χ2n) is 4.67. The summed E-state index contributed by atoms with van der Waals surface area (Å²) < 4.78 is 1.96. The van der Waals surface area contributed by atoms with Crippen molar-refractivity contribution in [2.24, 2.45) is 11.7 Å². The second-order valence-corrected chi connectivity index (χ2v) is 4.67. The van der Waals surface area contributed by atoms with E-state index in [2.05, 4.69) is 24.1 Å². The SMILES string of the molecule is CNC(=O)CCn1cncc1C(N)CC(C)C. The van der Waals surface area contributed by atoms with Crippen LogP contribution >= 0.6 is 0 Å². The predicted molar refractivity (Wildman–Crippen MR) is 67.3 cm³/mol. The van der Waals surface area contributed by atoms with Crippen LogP contribution in [0.5, 0.6) is 0 Å². The summed E-state index contributed by atoms with van der Waals surface area (Å²) >= 11 is 0. The summed E-state index contributed by atoms with van der Waals surface area (Å²) in [6, 6.07) is -0.0119. The third kappa shape index (κ3) is 4.19. The highest BCUT2D eigenvalue weighted by atomic mass is 16.1. The number of nitrogens with one attached hydrogen (secondary N) is 1. The average molecular weight is 238 g/mol. The lowest BCUT2D eigenvalue weighted by Crippen LogP contribution is -2.22. The van der Waals surface area contributed by atoms with E-state index in [-0.39, 0.29) is 11.9 Å². The number of nitrogens with zero attached hydrogens (tertiary/aromatic N) is 2. The predicted octanol–water partition coefficient (Wildman–Crippen LogP) is 1.07. The van der Waals surface area contributed by atoms with Gasteiger partial charge in [-0.2, -0.15) is 0 Å². The fourth-order valence-corrected chi connectivity index (χ4v) is 1.80.